The van der Waals surface area contributed by atoms with E-state index in [1.807, 2.05) is 0 Å². The lowest BCUT2D eigenvalue weighted by atomic mass is 10.8. The second-order valence-electron chi connectivity index (χ2n) is 1.58. The molecule has 0 aliphatic heterocycles. The maximum atomic E-state index is 9.85. The normalized spacial score (nSPS) is 9.36. The van der Waals surface area contributed by atoms with Gasteiger partial charge in [-0.1, -0.05) is 28.1 Å². The molecule has 0 aliphatic carbocycles. The summed E-state index contributed by atoms with van der Waals surface area (Å²) in [5.41, 5.74) is 0. The van der Waals surface area contributed by atoms with E-state index in [1.165, 1.54) is 6.08 Å². The molecule has 0 aromatic rings. The van der Waals surface area contributed by atoms with E-state index in [-0.39, 0.29) is 6.16 Å². The molecule has 0 heterocycles. The van der Waals surface area contributed by atoms with Crippen LogP contribution < -0.4 is 0 Å². The molecule has 3 nitrogen and oxygen atoms in total. The Balaban J connectivity index is 0. The molecule has 0 unspecified atom stereocenters. The Bertz CT molecular complexity index is 152. The van der Waals surface area contributed by atoms with Gasteiger partial charge in [-0.15, -0.1) is 13.2 Å². The van der Waals surface area contributed by atoms with E-state index in [0.29, 0.717) is 0 Å². The molecule has 2 N–H and O–H groups in total. The van der Waals surface area contributed by atoms with Gasteiger partial charge in [0.2, 0.25) is 0 Å². The molecule has 0 radical (unpaired) electrons. The zero-order valence-electron chi connectivity index (χ0n) is 6.11. The van der Waals surface area contributed by atoms with Gasteiger partial charge in [-0.05, 0) is 0 Å². The standard InChI is InChI=1S/C3H5Br.C3H7O3P/c1-2-3-4;1-2-3-7(4,5)6/h2H,1,3H2;2H,1,3H2,(H2,4,5,6). The van der Waals surface area contributed by atoms with Crippen LogP contribution in [-0.2, 0) is 4.57 Å². The van der Waals surface area contributed by atoms with Gasteiger partial charge < -0.3 is 9.79 Å². The van der Waals surface area contributed by atoms with Crippen LogP contribution >= 0.6 is 23.5 Å². The van der Waals surface area contributed by atoms with Gasteiger partial charge in [0.15, 0.2) is 0 Å². The molecule has 0 amide bonds. The average molecular weight is 243 g/mol. The second kappa shape index (κ2) is 8.21. The topological polar surface area (TPSA) is 57.5 Å². The summed E-state index contributed by atoms with van der Waals surface area (Å²) in [6, 6.07) is 0. The summed E-state index contributed by atoms with van der Waals surface area (Å²) in [5, 5.41) is 0.896. The number of halogens is 1. The summed E-state index contributed by atoms with van der Waals surface area (Å²) < 4.78 is 9.85. The molecule has 0 rings (SSSR count). The maximum Gasteiger partial charge on any atom is 0.329 e. The van der Waals surface area contributed by atoms with Crippen molar-refractivity contribution in [3.63, 3.8) is 0 Å². The fourth-order valence-electron chi connectivity index (χ4n) is 0.168. The fourth-order valence-corrected chi connectivity index (χ4v) is 0.505. The first-order valence-corrected chi connectivity index (χ1v) is 5.72. The number of hydrogen-bond donors (Lipinski definition) is 2. The predicted octanol–water partition coefficient (Wildman–Crippen LogP) is 1.92. The lowest BCUT2D eigenvalue weighted by Gasteiger charge is -1.94. The minimum Gasteiger partial charge on any atom is -0.324 e. The van der Waals surface area contributed by atoms with Crippen LogP contribution in [0.1, 0.15) is 0 Å². The van der Waals surface area contributed by atoms with Crippen molar-refractivity contribution < 1.29 is 14.4 Å². The molecule has 0 atom stereocenters. The second-order valence-corrected chi connectivity index (χ2v) is 3.92. The lowest BCUT2D eigenvalue weighted by molar-refractivity contribution is 0.377. The molecule has 0 bridgehead atoms. The van der Waals surface area contributed by atoms with E-state index in [9.17, 15) is 4.57 Å². The molecule has 0 aromatic heterocycles. The van der Waals surface area contributed by atoms with Crippen LogP contribution in [0, 0.1) is 0 Å². The van der Waals surface area contributed by atoms with E-state index >= 15 is 0 Å². The van der Waals surface area contributed by atoms with Crippen molar-refractivity contribution in [1.29, 1.82) is 0 Å². The van der Waals surface area contributed by atoms with E-state index in [4.69, 9.17) is 9.79 Å². The Hall–Kier alpha value is 0.110. The number of hydrogen-bond acceptors (Lipinski definition) is 1. The first-order chi connectivity index (χ1) is 4.97. The van der Waals surface area contributed by atoms with E-state index in [2.05, 4.69) is 29.1 Å². The highest BCUT2D eigenvalue weighted by atomic mass is 79.9. The van der Waals surface area contributed by atoms with Crippen LogP contribution in [0.4, 0.5) is 0 Å². The van der Waals surface area contributed by atoms with Gasteiger partial charge in [0, 0.05) is 5.33 Å². The van der Waals surface area contributed by atoms with Crippen LogP contribution in [0.3, 0.4) is 0 Å². The summed E-state index contributed by atoms with van der Waals surface area (Å²) in [4.78, 5) is 16.1. The van der Waals surface area contributed by atoms with Crippen LogP contribution in [0.25, 0.3) is 0 Å². The minimum absolute atomic E-state index is 0.229. The zero-order chi connectivity index (χ0) is 9.33. The first kappa shape index (κ1) is 13.7. The van der Waals surface area contributed by atoms with Gasteiger partial charge in [-0.3, -0.25) is 4.57 Å². The SMILES string of the molecule is C=CCBr.C=CCP(=O)(O)O. The molecule has 0 spiro atoms. The molecule has 0 saturated carbocycles. The highest BCUT2D eigenvalue weighted by Crippen LogP contribution is 2.33. The summed E-state index contributed by atoms with van der Waals surface area (Å²) in [7, 11) is -3.78. The Kier molecular flexibility index (Phi) is 10.2. The van der Waals surface area contributed by atoms with Crippen molar-refractivity contribution in [3.05, 3.63) is 25.3 Å². The fraction of sp³-hybridized carbons (Fsp3) is 0.333. The van der Waals surface area contributed by atoms with Gasteiger partial charge in [0.05, 0.1) is 6.16 Å². The minimum atomic E-state index is -3.78. The van der Waals surface area contributed by atoms with Gasteiger partial charge in [-0.2, -0.15) is 0 Å². The maximum absolute atomic E-state index is 9.85. The Morgan fingerprint density at radius 2 is 1.73 bits per heavy atom. The van der Waals surface area contributed by atoms with Gasteiger partial charge >= 0.3 is 7.60 Å². The van der Waals surface area contributed by atoms with Crippen LogP contribution in [0.15, 0.2) is 25.3 Å². The van der Waals surface area contributed by atoms with Crippen molar-refractivity contribution in [2.24, 2.45) is 0 Å². The zero-order valence-corrected chi connectivity index (χ0v) is 8.59. The third-order valence-electron chi connectivity index (χ3n) is 0.476. The van der Waals surface area contributed by atoms with Crippen LogP contribution in [0.5, 0.6) is 0 Å². The van der Waals surface area contributed by atoms with Crippen molar-refractivity contribution in [2.45, 2.75) is 0 Å². The van der Waals surface area contributed by atoms with Crippen LogP contribution in [-0.4, -0.2) is 21.3 Å². The van der Waals surface area contributed by atoms with Crippen molar-refractivity contribution in [3.8, 4) is 0 Å². The third-order valence-corrected chi connectivity index (χ3v) is 1.67. The van der Waals surface area contributed by atoms with Crippen molar-refractivity contribution >= 4 is 23.5 Å². The highest BCUT2D eigenvalue weighted by Gasteiger charge is 2.06. The summed E-state index contributed by atoms with van der Waals surface area (Å²) in [6.07, 6.45) is 2.76. The number of rotatable bonds is 3. The number of allylic oxidation sites excluding steroid dienone is 2. The summed E-state index contributed by atoms with van der Waals surface area (Å²) in [6.45, 7) is 6.59. The molecule has 0 aliphatic rings. The molecule has 0 aromatic carbocycles. The van der Waals surface area contributed by atoms with Crippen molar-refractivity contribution in [2.75, 3.05) is 11.5 Å². The summed E-state index contributed by atoms with van der Waals surface area (Å²) in [5.74, 6) is 0. The molecule has 11 heavy (non-hydrogen) atoms. The highest BCUT2D eigenvalue weighted by molar-refractivity contribution is 9.09. The summed E-state index contributed by atoms with van der Waals surface area (Å²) >= 11 is 3.13. The van der Waals surface area contributed by atoms with Crippen molar-refractivity contribution in [1.82, 2.24) is 0 Å². The molecular weight excluding hydrogens is 231 g/mol. The van der Waals surface area contributed by atoms with Crippen LogP contribution in [0.2, 0.25) is 0 Å². The third kappa shape index (κ3) is 25.5. The molecule has 5 heteroatoms. The van der Waals surface area contributed by atoms with Gasteiger partial charge in [0.1, 0.15) is 0 Å². The quantitative estimate of drug-likeness (QED) is 0.452. The largest absolute Gasteiger partial charge is 0.329 e. The molecule has 0 saturated heterocycles. The smallest absolute Gasteiger partial charge is 0.324 e. The molecule has 0 fully saturated rings. The number of alkyl halides is 1. The predicted molar refractivity (Wildman–Crippen MR) is 51.1 cm³/mol. The monoisotopic (exact) mass is 242 g/mol. The van der Waals surface area contributed by atoms with Gasteiger partial charge in [-0.25, -0.2) is 0 Å². The Morgan fingerprint density at radius 1 is 1.36 bits per heavy atom. The molecule has 66 valence electrons. The lowest BCUT2D eigenvalue weighted by Crippen LogP contribution is -1.78. The van der Waals surface area contributed by atoms with Gasteiger partial charge in [0.25, 0.3) is 0 Å². The molecular formula is C6H12BrO3P. The van der Waals surface area contributed by atoms with E-state index < -0.39 is 7.60 Å². The first-order valence-electron chi connectivity index (χ1n) is 2.80. The Labute approximate surface area is 75.1 Å². The van der Waals surface area contributed by atoms with E-state index in [0.717, 1.165) is 5.33 Å². The average Bonchev–Trinajstić information content (AvgIpc) is 1.86. The van der Waals surface area contributed by atoms with E-state index in [1.54, 1.807) is 6.08 Å². The Morgan fingerprint density at radius 3 is 1.73 bits per heavy atom.